The van der Waals surface area contributed by atoms with Gasteiger partial charge in [0.15, 0.2) is 0 Å². The highest BCUT2D eigenvalue weighted by molar-refractivity contribution is 6.16. The van der Waals surface area contributed by atoms with Crippen molar-refractivity contribution in [2.24, 2.45) is 0 Å². The van der Waals surface area contributed by atoms with Crippen molar-refractivity contribution < 1.29 is 9.52 Å². The van der Waals surface area contributed by atoms with Crippen LogP contribution in [0.3, 0.4) is 0 Å². The topological polar surface area (TPSA) is 33.4 Å². The lowest BCUT2D eigenvalue weighted by Gasteiger charge is -2.01. The Morgan fingerprint density at radius 1 is 0.722 bits per heavy atom. The summed E-state index contributed by atoms with van der Waals surface area (Å²) in [6.45, 7) is 0. The first kappa shape index (κ1) is 9.54. The number of fused-ring (bicyclic) bond motifs is 5. The molecule has 0 atom stereocenters. The summed E-state index contributed by atoms with van der Waals surface area (Å²) in [5, 5.41) is 13.9. The van der Waals surface area contributed by atoms with E-state index in [1.807, 2.05) is 48.5 Å². The van der Waals surface area contributed by atoms with Crippen LogP contribution in [-0.4, -0.2) is 5.11 Å². The molecule has 2 heteroatoms. The van der Waals surface area contributed by atoms with Gasteiger partial charge in [-0.15, -0.1) is 0 Å². The molecule has 0 radical (unpaired) electrons. The van der Waals surface area contributed by atoms with Gasteiger partial charge in [-0.3, -0.25) is 0 Å². The molecule has 0 spiro atoms. The molecular formula is C16H10O2. The van der Waals surface area contributed by atoms with E-state index in [9.17, 15) is 5.11 Å². The van der Waals surface area contributed by atoms with E-state index >= 15 is 0 Å². The van der Waals surface area contributed by atoms with Crippen molar-refractivity contribution >= 4 is 32.7 Å². The molecule has 0 amide bonds. The molecule has 18 heavy (non-hydrogen) atoms. The maximum absolute atomic E-state index is 10.1. The highest BCUT2D eigenvalue weighted by Crippen LogP contribution is 2.38. The van der Waals surface area contributed by atoms with Gasteiger partial charge in [-0.1, -0.05) is 42.5 Å². The predicted molar refractivity (Wildman–Crippen MR) is 72.9 cm³/mol. The van der Waals surface area contributed by atoms with E-state index in [4.69, 9.17) is 4.42 Å². The minimum Gasteiger partial charge on any atom is -0.507 e. The molecule has 1 N–H and O–H groups in total. The molecule has 0 saturated carbocycles. The quantitative estimate of drug-likeness (QED) is 0.487. The van der Waals surface area contributed by atoms with Crippen molar-refractivity contribution in [1.82, 2.24) is 0 Å². The van der Waals surface area contributed by atoms with Crippen molar-refractivity contribution in [1.29, 1.82) is 0 Å². The third-order valence-electron chi connectivity index (χ3n) is 3.36. The lowest BCUT2D eigenvalue weighted by molar-refractivity contribution is 0.482. The number of benzene rings is 3. The molecule has 0 unspecified atom stereocenters. The summed E-state index contributed by atoms with van der Waals surface area (Å²) >= 11 is 0. The van der Waals surface area contributed by atoms with Crippen molar-refractivity contribution in [2.75, 3.05) is 0 Å². The van der Waals surface area contributed by atoms with Crippen LogP contribution >= 0.6 is 0 Å². The van der Waals surface area contributed by atoms with Gasteiger partial charge < -0.3 is 9.52 Å². The van der Waals surface area contributed by atoms with E-state index < -0.39 is 0 Å². The van der Waals surface area contributed by atoms with E-state index in [0.717, 1.165) is 32.7 Å². The molecule has 1 heterocycles. The average molecular weight is 234 g/mol. The largest absolute Gasteiger partial charge is 0.507 e. The fourth-order valence-corrected chi connectivity index (χ4v) is 2.53. The molecular weight excluding hydrogens is 224 g/mol. The molecule has 86 valence electrons. The Morgan fingerprint density at radius 2 is 1.39 bits per heavy atom. The van der Waals surface area contributed by atoms with Crippen LogP contribution in [0.4, 0.5) is 0 Å². The highest BCUT2D eigenvalue weighted by Gasteiger charge is 2.12. The summed E-state index contributed by atoms with van der Waals surface area (Å²) in [5.41, 5.74) is 1.69. The lowest BCUT2D eigenvalue weighted by atomic mass is 10.1. The zero-order valence-electron chi connectivity index (χ0n) is 9.55. The molecule has 4 rings (SSSR count). The van der Waals surface area contributed by atoms with Crippen molar-refractivity contribution in [3.05, 3.63) is 54.6 Å². The van der Waals surface area contributed by atoms with Gasteiger partial charge in [-0.2, -0.15) is 0 Å². The maximum Gasteiger partial charge on any atom is 0.143 e. The first-order chi connectivity index (χ1) is 8.84. The molecule has 4 aromatic rings. The van der Waals surface area contributed by atoms with Crippen molar-refractivity contribution in [2.45, 2.75) is 0 Å². The zero-order valence-corrected chi connectivity index (χ0v) is 9.55. The van der Waals surface area contributed by atoms with E-state index in [2.05, 4.69) is 0 Å². The van der Waals surface area contributed by atoms with Crippen LogP contribution in [0, 0.1) is 0 Å². The maximum atomic E-state index is 10.1. The number of furan rings is 1. The normalized spacial score (nSPS) is 11.6. The fourth-order valence-electron chi connectivity index (χ4n) is 2.53. The monoisotopic (exact) mass is 234 g/mol. The lowest BCUT2D eigenvalue weighted by Crippen LogP contribution is -1.75. The van der Waals surface area contributed by atoms with Gasteiger partial charge in [0.25, 0.3) is 0 Å². The Morgan fingerprint density at radius 3 is 2.22 bits per heavy atom. The highest BCUT2D eigenvalue weighted by atomic mass is 16.3. The molecule has 2 nitrogen and oxygen atoms in total. The van der Waals surface area contributed by atoms with Crippen molar-refractivity contribution in [3.63, 3.8) is 0 Å². The van der Waals surface area contributed by atoms with E-state index in [1.165, 1.54) is 0 Å². The minimum atomic E-state index is 0.296. The summed E-state index contributed by atoms with van der Waals surface area (Å²) in [7, 11) is 0. The molecule has 3 aromatic carbocycles. The van der Waals surface area contributed by atoms with Crippen LogP contribution < -0.4 is 0 Å². The number of phenolic OH excluding ortho intramolecular Hbond substituents is 1. The number of rotatable bonds is 0. The molecule has 0 fully saturated rings. The van der Waals surface area contributed by atoms with Gasteiger partial charge in [0.2, 0.25) is 0 Å². The zero-order chi connectivity index (χ0) is 12.1. The Bertz CT molecular complexity index is 887. The summed E-state index contributed by atoms with van der Waals surface area (Å²) in [5.74, 6) is 0.296. The molecule has 0 aliphatic carbocycles. The molecule has 0 aliphatic rings. The Labute approximate surface area is 103 Å². The van der Waals surface area contributed by atoms with Crippen molar-refractivity contribution in [3.8, 4) is 5.75 Å². The summed E-state index contributed by atoms with van der Waals surface area (Å²) in [4.78, 5) is 0. The van der Waals surface area contributed by atoms with Crippen LogP contribution in [0.25, 0.3) is 32.7 Å². The van der Waals surface area contributed by atoms with Gasteiger partial charge in [-0.25, -0.2) is 0 Å². The van der Waals surface area contributed by atoms with Gasteiger partial charge in [0.05, 0.1) is 0 Å². The third kappa shape index (κ3) is 1.12. The van der Waals surface area contributed by atoms with Gasteiger partial charge in [0, 0.05) is 21.5 Å². The SMILES string of the molecule is Oc1cc2c3ccccc3oc2c2ccccc12. The average Bonchev–Trinajstić information content (AvgIpc) is 2.78. The van der Waals surface area contributed by atoms with Gasteiger partial charge in [0.1, 0.15) is 16.9 Å². The number of aromatic hydroxyl groups is 1. The van der Waals surface area contributed by atoms with Crippen LogP contribution in [0.1, 0.15) is 0 Å². The standard InChI is InChI=1S/C16H10O2/c17-14-9-13-11-6-3-4-8-15(11)18-16(13)12-7-2-1-5-10(12)14/h1-9,17H. The first-order valence-corrected chi connectivity index (χ1v) is 5.86. The molecule has 0 aliphatic heterocycles. The van der Waals surface area contributed by atoms with Crippen LogP contribution in [0.15, 0.2) is 59.0 Å². The van der Waals surface area contributed by atoms with E-state index in [-0.39, 0.29) is 0 Å². The van der Waals surface area contributed by atoms with Crippen LogP contribution in [0.5, 0.6) is 5.75 Å². The second kappa shape index (κ2) is 3.26. The minimum absolute atomic E-state index is 0.296. The third-order valence-corrected chi connectivity index (χ3v) is 3.36. The van der Waals surface area contributed by atoms with E-state index in [1.54, 1.807) is 6.07 Å². The fraction of sp³-hybridized carbons (Fsp3) is 0. The number of hydrogen-bond acceptors (Lipinski definition) is 2. The number of hydrogen-bond donors (Lipinski definition) is 1. The second-order valence-electron chi connectivity index (χ2n) is 4.42. The molecule has 0 bridgehead atoms. The second-order valence-corrected chi connectivity index (χ2v) is 4.42. The smallest absolute Gasteiger partial charge is 0.143 e. The summed E-state index contributed by atoms with van der Waals surface area (Å²) in [6.07, 6.45) is 0. The Kier molecular flexibility index (Phi) is 1.73. The predicted octanol–water partition coefficient (Wildman–Crippen LogP) is 4.44. The van der Waals surface area contributed by atoms with Gasteiger partial charge >= 0.3 is 0 Å². The van der Waals surface area contributed by atoms with Crippen LogP contribution in [-0.2, 0) is 0 Å². The Hall–Kier alpha value is -2.48. The molecule has 0 saturated heterocycles. The summed E-state index contributed by atoms with van der Waals surface area (Å²) < 4.78 is 5.91. The van der Waals surface area contributed by atoms with Crippen LogP contribution in [0.2, 0.25) is 0 Å². The molecule has 1 aromatic heterocycles. The summed E-state index contributed by atoms with van der Waals surface area (Å²) in [6, 6.07) is 17.4. The first-order valence-electron chi connectivity index (χ1n) is 5.86. The number of phenols is 1. The Balaban J connectivity index is 2.36. The number of para-hydroxylation sites is 1. The van der Waals surface area contributed by atoms with Gasteiger partial charge in [-0.05, 0) is 12.1 Å². The van der Waals surface area contributed by atoms with E-state index in [0.29, 0.717) is 5.75 Å².